The Labute approximate surface area is 231 Å². The summed E-state index contributed by atoms with van der Waals surface area (Å²) in [5.41, 5.74) is 3.04. The van der Waals surface area contributed by atoms with Crippen molar-refractivity contribution in [2.24, 2.45) is 5.92 Å². The summed E-state index contributed by atoms with van der Waals surface area (Å²) >= 11 is 0. The molecular weight excluding hydrogens is 493 g/mol. The average Bonchev–Trinajstić information content (AvgIpc) is 3.51. The first kappa shape index (κ1) is 27.4. The number of halogens is 1. The summed E-state index contributed by atoms with van der Waals surface area (Å²) in [7, 11) is 0. The predicted octanol–water partition coefficient (Wildman–Crippen LogP) is 4.98. The Morgan fingerprint density at radius 2 is 1.77 bits per heavy atom. The maximum absolute atomic E-state index is 13.8. The maximum Gasteiger partial charge on any atom is 0.263 e. The molecule has 2 aromatic rings. The zero-order valence-electron chi connectivity index (χ0n) is 23.0. The first-order valence-corrected chi connectivity index (χ1v) is 14.5. The van der Waals surface area contributed by atoms with Gasteiger partial charge in [0.05, 0.1) is 6.04 Å². The minimum atomic E-state index is -0.571. The first-order chi connectivity index (χ1) is 19.0. The fourth-order valence-electron chi connectivity index (χ4n) is 6.33. The molecule has 2 aliphatic heterocycles. The van der Waals surface area contributed by atoms with E-state index in [1.807, 2.05) is 34.9 Å². The van der Waals surface area contributed by atoms with Gasteiger partial charge in [-0.15, -0.1) is 6.58 Å². The molecule has 7 heteroatoms. The summed E-state index contributed by atoms with van der Waals surface area (Å²) in [5, 5.41) is 0. The Kier molecular flexibility index (Phi) is 8.66. The topological polar surface area (TPSA) is 53.1 Å². The Morgan fingerprint density at radius 1 is 1.05 bits per heavy atom. The zero-order chi connectivity index (χ0) is 27.4. The van der Waals surface area contributed by atoms with Gasteiger partial charge in [-0.2, -0.15) is 0 Å². The van der Waals surface area contributed by atoms with Crippen LogP contribution in [0.5, 0.6) is 5.75 Å². The standard InChI is InChI=1S/C32H40FN3O3/c1-3-16-34-18-20-35(21-19-34)32(38)29(4-2)39-27-14-11-23-15-17-36(31(37)25-7-5-6-8-25)30(28(23)22-27)24-9-12-26(33)13-10-24/h3,9-14,22,25,29-30H,1,4-8,15-21H2,2H3/t29-,30-/m1/s1. The number of amides is 2. The van der Waals surface area contributed by atoms with Crippen molar-refractivity contribution < 1.29 is 18.7 Å². The zero-order valence-corrected chi connectivity index (χ0v) is 23.0. The number of ether oxygens (including phenoxy) is 1. The van der Waals surface area contributed by atoms with Gasteiger partial charge in [0.15, 0.2) is 6.10 Å². The van der Waals surface area contributed by atoms with Crippen molar-refractivity contribution in [3.05, 3.63) is 77.6 Å². The molecule has 208 valence electrons. The lowest BCUT2D eigenvalue weighted by Crippen LogP contribution is -2.52. The number of hydrogen-bond acceptors (Lipinski definition) is 4. The number of fused-ring (bicyclic) bond motifs is 1. The molecule has 0 N–H and O–H groups in total. The minimum absolute atomic E-state index is 0.0154. The highest BCUT2D eigenvalue weighted by molar-refractivity contribution is 5.82. The summed E-state index contributed by atoms with van der Waals surface area (Å²) in [6, 6.07) is 12.2. The monoisotopic (exact) mass is 533 g/mol. The van der Waals surface area contributed by atoms with Gasteiger partial charge in [0.2, 0.25) is 5.91 Å². The number of carbonyl (C=O) groups is 2. The molecule has 3 aliphatic rings. The van der Waals surface area contributed by atoms with E-state index < -0.39 is 6.10 Å². The van der Waals surface area contributed by atoms with E-state index >= 15 is 0 Å². The van der Waals surface area contributed by atoms with Gasteiger partial charge < -0.3 is 14.5 Å². The fourth-order valence-corrected chi connectivity index (χ4v) is 6.33. The van der Waals surface area contributed by atoms with E-state index in [-0.39, 0.29) is 29.6 Å². The van der Waals surface area contributed by atoms with Gasteiger partial charge >= 0.3 is 0 Å². The third-order valence-electron chi connectivity index (χ3n) is 8.51. The van der Waals surface area contributed by atoms with Gasteiger partial charge in [0.25, 0.3) is 5.91 Å². The quantitative estimate of drug-likeness (QED) is 0.450. The highest BCUT2D eigenvalue weighted by atomic mass is 19.1. The van der Waals surface area contributed by atoms with E-state index in [0.29, 0.717) is 31.8 Å². The third kappa shape index (κ3) is 6.03. The highest BCUT2D eigenvalue weighted by Gasteiger charge is 2.37. The molecule has 2 heterocycles. The van der Waals surface area contributed by atoms with Crippen molar-refractivity contribution in [1.82, 2.24) is 14.7 Å². The smallest absolute Gasteiger partial charge is 0.263 e. The van der Waals surface area contributed by atoms with E-state index in [1.54, 1.807) is 12.1 Å². The summed E-state index contributed by atoms with van der Waals surface area (Å²) in [5.74, 6) is 0.595. The predicted molar refractivity (Wildman–Crippen MR) is 150 cm³/mol. The molecule has 5 rings (SSSR count). The second-order valence-corrected chi connectivity index (χ2v) is 11.0. The summed E-state index contributed by atoms with van der Waals surface area (Å²) < 4.78 is 20.2. The van der Waals surface area contributed by atoms with Gasteiger partial charge in [-0.1, -0.05) is 44.0 Å². The lowest BCUT2D eigenvalue weighted by Gasteiger charge is -2.39. The van der Waals surface area contributed by atoms with Crippen molar-refractivity contribution in [1.29, 1.82) is 0 Å². The Hall–Kier alpha value is -3.19. The number of piperazine rings is 1. The number of rotatable bonds is 8. The molecule has 1 saturated carbocycles. The van der Waals surface area contributed by atoms with Gasteiger partial charge in [0.1, 0.15) is 11.6 Å². The molecule has 0 aromatic heterocycles. The fraction of sp³-hybridized carbons (Fsp3) is 0.500. The molecule has 6 nitrogen and oxygen atoms in total. The molecule has 0 unspecified atom stereocenters. The van der Waals surface area contributed by atoms with Crippen molar-refractivity contribution >= 4 is 11.8 Å². The van der Waals surface area contributed by atoms with E-state index in [0.717, 1.165) is 68.4 Å². The molecule has 1 saturated heterocycles. The van der Waals surface area contributed by atoms with Crippen molar-refractivity contribution in [3.8, 4) is 5.75 Å². The van der Waals surface area contributed by atoms with Gasteiger partial charge in [-0.05, 0) is 66.6 Å². The maximum atomic E-state index is 13.8. The Morgan fingerprint density at radius 3 is 2.44 bits per heavy atom. The second-order valence-electron chi connectivity index (χ2n) is 11.0. The van der Waals surface area contributed by atoms with Crippen LogP contribution < -0.4 is 4.74 Å². The second kappa shape index (κ2) is 12.3. The van der Waals surface area contributed by atoms with Crippen molar-refractivity contribution in [3.63, 3.8) is 0 Å². The Balaban J connectivity index is 1.39. The molecule has 1 aliphatic carbocycles. The van der Waals surface area contributed by atoms with Crippen LogP contribution in [0.25, 0.3) is 0 Å². The summed E-state index contributed by atoms with van der Waals surface area (Å²) in [6.07, 6.45) is 6.71. The van der Waals surface area contributed by atoms with E-state index in [9.17, 15) is 14.0 Å². The van der Waals surface area contributed by atoms with Gasteiger partial charge in [0, 0.05) is 45.2 Å². The van der Waals surface area contributed by atoms with Crippen LogP contribution in [0.15, 0.2) is 55.1 Å². The van der Waals surface area contributed by atoms with Crippen LogP contribution in [0.4, 0.5) is 4.39 Å². The lowest BCUT2D eigenvalue weighted by atomic mass is 9.87. The number of carbonyl (C=O) groups excluding carboxylic acids is 2. The van der Waals surface area contributed by atoms with E-state index in [1.165, 1.54) is 12.1 Å². The first-order valence-electron chi connectivity index (χ1n) is 14.5. The molecule has 2 aromatic carbocycles. The Bertz CT molecular complexity index is 1170. The molecule has 2 amide bonds. The summed E-state index contributed by atoms with van der Waals surface area (Å²) in [6.45, 7) is 10.3. The SMILES string of the molecule is C=CCN1CCN(C(=O)[C@@H](CC)Oc2ccc3c(c2)[C@@H](c2ccc(F)cc2)N(C(=O)C2CCCC2)CC3)CC1. The molecule has 2 atom stereocenters. The largest absolute Gasteiger partial charge is 0.481 e. The third-order valence-corrected chi connectivity index (χ3v) is 8.51. The van der Waals surface area contributed by atoms with E-state index in [4.69, 9.17) is 4.74 Å². The average molecular weight is 534 g/mol. The van der Waals surface area contributed by atoms with Crippen LogP contribution in [-0.4, -0.2) is 71.9 Å². The molecule has 0 radical (unpaired) electrons. The van der Waals surface area contributed by atoms with Crippen LogP contribution in [0.2, 0.25) is 0 Å². The van der Waals surface area contributed by atoms with Crippen molar-refractivity contribution in [2.45, 2.75) is 57.6 Å². The van der Waals surface area contributed by atoms with Gasteiger partial charge in [-0.3, -0.25) is 14.5 Å². The molecule has 0 spiro atoms. The van der Waals surface area contributed by atoms with Crippen LogP contribution in [-0.2, 0) is 16.0 Å². The minimum Gasteiger partial charge on any atom is -0.481 e. The normalized spacial score (nSPS) is 20.9. The molecular formula is C32H40FN3O3. The molecule has 0 bridgehead atoms. The van der Waals surface area contributed by atoms with Crippen LogP contribution in [0.1, 0.15) is 61.8 Å². The van der Waals surface area contributed by atoms with Crippen LogP contribution in [0, 0.1) is 11.7 Å². The molecule has 39 heavy (non-hydrogen) atoms. The summed E-state index contributed by atoms with van der Waals surface area (Å²) in [4.78, 5) is 33.2. The van der Waals surface area contributed by atoms with Crippen molar-refractivity contribution in [2.75, 3.05) is 39.3 Å². The van der Waals surface area contributed by atoms with Crippen LogP contribution in [0.3, 0.4) is 0 Å². The highest BCUT2D eigenvalue weighted by Crippen LogP contribution is 2.40. The van der Waals surface area contributed by atoms with Crippen LogP contribution >= 0.6 is 0 Å². The number of hydrogen-bond donors (Lipinski definition) is 0. The molecule has 2 fully saturated rings. The van der Waals surface area contributed by atoms with E-state index in [2.05, 4.69) is 17.5 Å². The lowest BCUT2D eigenvalue weighted by molar-refractivity contribution is -0.140. The van der Waals surface area contributed by atoms with Gasteiger partial charge in [-0.25, -0.2) is 4.39 Å². The number of benzene rings is 2. The number of nitrogens with zero attached hydrogens (tertiary/aromatic N) is 3.